The number of hydrogen-bond donors (Lipinski definition) is 2. The molecule has 0 unspecified atom stereocenters. The zero-order valence-electron chi connectivity index (χ0n) is 11.8. The number of phenols is 1. The van der Waals surface area contributed by atoms with Crippen molar-refractivity contribution in [1.29, 1.82) is 0 Å². The van der Waals surface area contributed by atoms with Crippen molar-refractivity contribution in [3.05, 3.63) is 23.8 Å². The van der Waals surface area contributed by atoms with Crippen molar-refractivity contribution in [3.63, 3.8) is 0 Å². The quantitative estimate of drug-likeness (QED) is 0.630. The summed E-state index contributed by atoms with van der Waals surface area (Å²) in [6.45, 7) is 5.22. The number of nitrogens with one attached hydrogen (secondary N) is 1. The first-order valence-corrected chi connectivity index (χ1v) is 6.23. The molecule has 0 aromatic heterocycles. The summed E-state index contributed by atoms with van der Waals surface area (Å²) in [7, 11) is 5.57. The Morgan fingerprint density at radius 1 is 1.50 bits per heavy atom. The number of amides is 1. The number of carbonyl (C=O) groups excluding carboxylic acids is 2. The summed E-state index contributed by atoms with van der Waals surface area (Å²) in [5.41, 5.74) is 0.332. The van der Waals surface area contributed by atoms with Gasteiger partial charge >= 0.3 is 6.09 Å². The zero-order chi connectivity index (χ0) is 15.3. The summed E-state index contributed by atoms with van der Waals surface area (Å²) in [6.07, 6.45) is 0.251. The number of hydrogen-bond acceptors (Lipinski definition) is 4. The number of aromatic hydroxyl groups is 1. The Morgan fingerprint density at radius 3 is 2.65 bits per heavy atom. The molecule has 0 heterocycles. The Morgan fingerprint density at radius 2 is 2.15 bits per heavy atom. The van der Waals surface area contributed by atoms with Crippen molar-refractivity contribution >= 4 is 25.7 Å². The molecule has 106 valence electrons. The van der Waals surface area contributed by atoms with Gasteiger partial charge in [0, 0.05) is 0 Å². The first-order chi connectivity index (χ1) is 9.21. The van der Waals surface area contributed by atoms with Crippen LogP contribution < -0.4 is 10.8 Å². The lowest BCUT2D eigenvalue weighted by molar-refractivity contribution is -0.109. The van der Waals surface area contributed by atoms with Gasteiger partial charge in [0.1, 0.15) is 25.5 Å². The normalized spacial score (nSPS) is 12.6. The highest BCUT2D eigenvalue weighted by Gasteiger charge is 2.19. The van der Waals surface area contributed by atoms with Crippen molar-refractivity contribution in [2.75, 3.05) is 0 Å². The minimum Gasteiger partial charge on any atom is -0.509 e. The summed E-state index contributed by atoms with van der Waals surface area (Å²) in [5.74, 6) is -0.0171. The standard InChI is InChI=1S/C14H18BNO4/c1-14(2,3)20-13(19)16-10(8-17)6-9-4-5-12(18)11(15)7-9/h4-5,7-8,10,18H,6H2,1-3H3,(H,16,19)/t10-/m0/s1. The topological polar surface area (TPSA) is 75.6 Å². The molecule has 5 nitrogen and oxygen atoms in total. The van der Waals surface area contributed by atoms with Crippen LogP contribution in [-0.2, 0) is 16.0 Å². The van der Waals surface area contributed by atoms with E-state index in [4.69, 9.17) is 12.6 Å². The van der Waals surface area contributed by atoms with Crippen LogP contribution in [0.15, 0.2) is 18.2 Å². The highest BCUT2D eigenvalue weighted by molar-refractivity contribution is 6.34. The molecule has 0 aliphatic heterocycles. The molecular weight excluding hydrogens is 257 g/mol. The van der Waals surface area contributed by atoms with E-state index in [1.165, 1.54) is 6.07 Å². The van der Waals surface area contributed by atoms with E-state index >= 15 is 0 Å². The SMILES string of the molecule is [B]c1cc(C[C@@H](C=O)NC(=O)OC(C)(C)C)ccc1O. The maximum Gasteiger partial charge on any atom is 0.408 e. The van der Waals surface area contributed by atoms with Crippen molar-refractivity contribution in [1.82, 2.24) is 5.32 Å². The molecular formula is C14H18BNO4. The average Bonchev–Trinajstić information content (AvgIpc) is 2.30. The molecule has 2 N–H and O–H groups in total. The smallest absolute Gasteiger partial charge is 0.408 e. The van der Waals surface area contributed by atoms with E-state index in [2.05, 4.69) is 5.32 Å². The number of carbonyl (C=O) groups is 2. The minimum atomic E-state index is -0.714. The summed E-state index contributed by atoms with van der Waals surface area (Å²) < 4.78 is 5.08. The monoisotopic (exact) mass is 275 g/mol. The molecule has 0 saturated heterocycles. The van der Waals surface area contributed by atoms with Gasteiger partial charge in [0.15, 0.2) is 0 Å². The van der Waals surface area contributed by atoms with Gasteiger partial charge < -0.3 is 20.0 Å². The van der Waals surface area contributed by atoms with E-state index in [1.807, 2.05) is 0 Å². The molecule has 0 spiro atoms. The number of ether oxygens (including phenoxy) is 1. The maximum atomic E-state index is 11.6. The van der Waals surface area contributed by atoms with Crippen LogP contribution in [-0.4, -0.2) is 37.0 Å². The molecule has 0 aliphatic carbocycles. The van der Waals surface area contributed by atoms with Gasteiger partial charge in [-0.05, 0) is 38.8 Å². The first kappa shape index (κ1) is 16.1. The van der Waals surface area contributed by atoms with Gasteiger partial charge in [-0.1, -0.05) is 17.6 Å². The van der Waals surface area contributed by atoms with Crippen LogP contribution in [0.2, 0.25) is 0 Å². The van der Waals surface area contributed by atoms with Gasteiger partial charge in [-0.15, -0.1) is 0 Å². The Labute approximate surface area is 119 Å². The molecule has 0 saturated carbocycles. The highest BCUT2D eigenvalue weighted by atomic mass is 16.6. The van der Waals surface area contributed by atoms with Crippen LogP contribution in [0.25, 0.3) is 0 Å². The van der Waals surface area contributed by atoms with Gasteiger partial charge in [0.05, 0.1) is 6.04 Å². The van der Waals surface area contributed by atoms with Crippen molar-refractivity contribution in [2.24, 2.45) is 0 Å². The van der Waals surface area contributed by atoms with Crippen LogP contribution in [0.3, 0.4) is 0 Å². The van der Waals surface area contributed by atoms with E-state index in [0.29, 0.717) is 6.29 Å². The number of alkyl carbamates (subject to hydrolysis) is 1. The Bertz CT molecular complexity index is 496. The molecule has 0 fully saturated rings. The van der Waals surface area contributed by atoms with Gasteiger partial charge in [-0.25, -0.2) is 4.79 Å². The molecule has 1 aromatic rings. The average molecular weight is 275 g/mol. The minimum absolute atomic E-state index is 0.0171. The largest absolute Gasteiger partial charge is 0.509 e. The fourth-order valence-corrected chi connectivity index (χ4v) is 1.58. The Hall–Kier alpha value is -1.98. The lowest BCUT2D eigenvalue weighted by atomic mass is 9.91. The third kappa shape index (κ3) is 5.34. The predicted molar refractivity (Wildman–Crippen MR) is 76.4 cm³/mol. The van der Waals surface area contributed by atoms with E-state index < -0.39 is 17.7 Å². The lowest BCUT2D eigenvalue weighted by Crippen LogP contribution is -2.41. The second-order valence-corrected chi connectivity index (χ2v) is 5.49. The highest BCUT2D eigenvalue weighted by Crippen LogP contribution is 2.10. The molecule has 20 heavy (non-hydrogen) atoms. The van der Waals surface area contributed by atoms with E-state index in [0.717, 1.165) is 5.56 Å². The molecule has 6 heteroatoms. The Balaban J connectivity index is 2.65. The Kier molecular flexibility index (Phi) is 5.19. The van der Waals surface area contributed by atoms with E-state index in [1.54, 1.807) is 32.9 Å². The van der Waals surface area contributed by atoms with Crippen LogP contribution in [0.1, 0.15) is 26.3 Å². The molecule has 1 amide bonds. The fourth-order valence-electron chi connectivity index (χ4n) is 1.58. The van der Waals surface area contributed by atoms with Crippen LogP contribution in [0.4, 0.5) is 4.79 Å². The van der Waals surface area contributed by atoms with Gasteiger partial charge in [-0.3, -0.25) is 0 Å². The molecule has 1 rings (SSSR count). The molecule has 0 aliphatic rings. The number of aldehydes is 1. The third-order valence-corrected chi connectivity index (χ3v) is 2.41. The van der Waals surface area contributed by atoms with E-state index in [-0.39, 0.29) is 17.6 Å². The van der Waals surface area contributed by atoms with E-state index in [9.17, 15) is 14.7 Å². The second-order valence-electron chi connectivity index (χ2n) is 5.49. The first-order valence-electron chi connectivity index (χ1n) is 6.23. The molecule has 1 atom stereocenters. The number of benzene rings is 1. The predicted octanol–water partition coefficient (Wildman–Crippen LogP) is 0.821. The second kappa shape index (κ2) is 6.46. The van der Waals surface area contributed by atoms with Gasteiger partial charge in [-0.2, -0.15) is 0 Å². The summed E-state index contributed by atoms with van der Waals surface area (Å²) >= 11 is 0. The summed E-state index contributed by atoms with van der Waals surface area (Å²) in [4.78, 5) is 22.6. The zero-order valence-corrected chi connectivity index (χ0v) is 11.8. The molecule has 2 radical (unpaired) electrons. The van der Waals surface area contributed by atoms with Crippen molar-refractivity contribution in [2.45, 2.75) is 38.8 Å². The number of phenolic OH excluding ortho intramolecular Hbond substituents is 1. The van der Waals surface area contributed by atoms with Crippen LogP contribution in [0.5, 0.6) is 5.75 Å². The number of rotatable bonds is 4. The lowest BCUT2D eigenvalue weighted by Gasteiger charge is -2.21. The van der Waals surface area contributed by atoms with Gasteiger partial charge in [0.25, 0.3) is 0 Å². The third-order valence-electron chi connectivity index (χ3n) is 2.41. The molecule has 0 bridgehead atoms. The maximum absolute atomic E-state index is 11.6. The molecule has 1 aromatic carbocycles. The van der Waals surface area contributed by atoms with Crippen molar-refractivity contribution in [3.8, 4) is 5.75 Å². The van der Waals surface area contributed by atoms with Crippen molar-refractivity contribution < 1.29 is 19.4 Å². The fraction of sp³-hybridized carbons (Fsp3) is 0.429. The van der Waals surface area contributed by atoms with Crippen LogP contribution in [0, 0.1) is 0 Å². The van der Waals surface area contributed by atoms with Crippen LogP contribution >= 0.6 is 0 Å². The summed E-state index contributed by atoms with van der Waals surface area (Å²) in [6, 6.07) is 3.93. The summed E-state index contributed by atoms with van der Waals surface area (Å²) in [5, 5.41) is 11.8. The van der Waals surface area contributed by atoms with Gasteiger partial charge in [0.2, 0.25) is 0 Å².